The maximum absolute atomic E-state index is 12.7. The summed E-state index contributed by atoms with van der Waals surface area (Å²) in [6.45, 7) is 0.0857. The largest absolute Gasteiger partial charge is 0.376 e. The van der Waals surface area contributed by atoms with Crippen molar-refractivity contribution in [3.63, 3.8) is 0 Å². The molecule has 2 N–H and O–H groups in total. The predicted octanol–water partition coefficient (Wildman–Crippen LogP) is 3.04. The molecule has 0 fully saturated rings. The van der Waals surface area contributed by atoms with E-state index in [2.05, 4.69) is 15.8 Å². The van der Waals surface area contributed by atoms with Crippen LogP contribution in [0.2, 0.25) is 5.02 Å². The highest BCUT2D eigenvalue weighted by Crippen LogP contribution is 2.12. The molecule has 0 atom stereocenters. The molecule has 0 bridgehead atoms. The zero-order chi connectivity index (χ0) is 15.1. The Morgan fingerprint density at radius 2 is 1.81 bits per heavy atom. The van der Waals surface area contributed by atoms with E-state index in [0.29, 0.717) is 10.6 Å². The van der Waals surface area contributed by atoms with E-state index >= 15 is 0 Å². The third kappa shape index (κ3) is 5.24. The standard InChI is InChI=1S/C15H13ClFN3O/c16-12-3-7-14(8-4-12)18-10-15(21)20-19-9-11-1-5-13(17)6-2-11/h1-9,18H,10H2,(H,20,21)/b19-9-. The van der Waals surface area contributed by atoms with Crippen LogP contribution in [-0.4, -0.2) is 18.7 Å². The lowest BCUT2D eigenvalue weighted by atomic mass is 10.2. The van der Waals surface area contributed by atoms with E-state index in [1.807, 2.05) is 0 Å². The molecule has 1 amide bonds. The minimum absolute atomic E-state index is 0.0857. The lowest BCUT2D eigenvalue weighted by Gasteiger charge is -2.04. The summed E-state index contributed by atoms with van der Waals surface area (Å²) < 4.78 is 12.7. The van der Waals surface area contributed by atoms with Crippen LogP contribution in [0.3, 0.4) is 0 Å². The van der Waals surface area contributed by atoms with Gasteiger partial charge in [-0.25, -0.2) is 9.82 Å². The molecule has 2 rings (SSSR count). The van der Waals surface area contributed by atoms with Crippen molar-refractivity contribution >= 4 is 29.4 Å². The fourth-order valence-electron chi connectivity index (χ4n) is 1.52. The average molecular weight is 306 g/mol. The Morgan fingerprint density at radius 3 is 2.48 bits per heavy atom. The quantitative estimate of drug-likeness (QED) is 0.659. The molecule has 0 spiro atoms. The Hall–Kier alpha value is -2.40. The van der Waals surface area contributed by atoms with Crippen LogP contribution in [0.1, 0.15) is 5.56 Å². The number of anilines is 1. The fourth-order valence-corrected chi connectivity index (χ4v) is 1.64. The maximum atomic E-state index is 12.7. The zero-order valence-corrected chi connectivity index (χ0v) is 11.8. The first-order valence-electron chi connectivity index (χ1n) is 6.20. The van der Waals surface area contributed by atoms with Gasteiger partial charge >= 0.3 is 0 Å². The number of amides is 1. The Labute approximate surface area is 126 Å². The van der Waals surface area contributed by atoms with Crippen LogP contribution in [0.4, 0.5) is 10.1 Å². The van der Waals surface area contributed by atoms with Crippen LogP contribution in [0.5, 0.6) is 0 Å². The van der Waals surface area contributed by atoms with Crippen LogP contribution in [0.25, 0.3) is 0 Å². The highest BCUT2D eigenvalue weighted by molar-refractivity contribution is 6.30. The molecule has 0 unspecified atom stereocenters. The molecule has 6 heteroatoms. The monoisotopic (exact) mass is 305 g/mol. The van der Waals surface area contributed by atoms with Crippen LogP contribution >= 0.6 is 11.6 Å². The Bertz CT molecular complexity index is 626. The minimum atomic E-state index is -0.316. The third-order valence-electron chi connectivity index (χ3n) is 2.57. The summed E-state index contributed by atoms with van der Waals surface area (Å²) in [7, 11) is 0. The topological polar surface area (TPSA) is 53.5 Å². The van der Waals surface area contributed by atoms with Crippen molar-refractivity contribution < 1.29 is 9.18 Å². The lowest BCUT2D eigenvalue weighted by molar-refractivity contribution is -0.119. The lowest BCUT2D eigenvalue weighted by Crippen LogP contribution is -2.25. The normalized spacial score (nSPS) is 10.6. The smallest absolute Gasteiger partial charge is 0.259 e. The number of hydrogen-bond acceptors (Lipinski definition) is 3. The molecule has 108 valence electrons. The van der Waals surface area contributed by atoms with Crippen molar-refractivity contribution in [3.05, 3.63) is 64.9 Å². The Balaban J connectivity index is 1.77. The number of benzene rings is 2. The average Bonchev–Trinajstić information content (AvgIpc) is 2.49. The van der Waals surface area contributed by atoms with E-state index in [1.54, 1.807) is 36.4 Å². The van der Waals surface area contributed by atoms with Crippen LogP contribution in [0, 0.1) is 5.82 Å². The van der Waals surface area contributed by atoms with Gasteiger partial charge in [-0.1, -0.05) is 23.7 Å². The first-order valence-corrected chi connectivity index (χ1v) is 6.58. The summed E-state index contributed by atoms with van der Waals surface area (Å²) in [5, 5.41) is 7.36. The second-order valence-electron chi connectivity index (χ2n) is 4.21. The van der Waals surface area contributed by atoms with E-state index in [0.717, 1.165) is 5.69 Å². The van der Waals surface area contributed by atoms with Crippen molar-refractivity contribution in [3.8, 4) is 0 Å². The summed E-state index contributed by atoms with van der Waals surface area (Å²) in [6, 6.07) is 12.8. The first-order chi connectivity index (χ1) is 10.1. The predicted molar refractivity (Wildman–Crippen MR) is 82.1 cm³/mol. The van der Waals surface area contributed by atoms with Gasteiger partial charge < -0.3 is 5.32 Å². The van der Waals surface area contributed by atoms with E-state index in [9.17, 15) is 9.18 Å². The molecule has 0 aliphatic heterocycles. The molecular formula is C15H13ClFN3O. The van der Waals surface area contributed by atoms with Gasteiger partial charge in [-0.15, -0.1) is 0 Å². The number of hydrogen-bond donors (Lipinski definition) is 2. The van der Waals surface area contributed by atoms with Crippen molar-refractivity contribution in [2.75, 3.05) is 11.9 Å². The van der Waals surface area contributed by atoms with Gasteiger partial charge in [-0.2, -0.15) is 5.10 Å². The molecule has 0 heterocycles. The summed E-state index contributed by atoms with van der Waals surface area (Å²) >= 11 is 5.76. The SMILES string of the molecule is O=C(CNc1ccc(Cl)cc1)N/N=C\c1ccc(F)cc1. The van der Waals surface area contributed by atoms with Gasteiger partial charge in [0.15, 0.2) is 0 Å². The van der Waals surface area contributed by atoms with Crippen LogP contribution < -0.4 is 10.7 Å². The first kappa shape index (κ1) is 15.0. The summed E-state index contributed by atoms with van der Waals surface area (Å²) in [4.78, 5) is 11.6. The van der Waals surface area contributed by atoms with Crippen molar-refractivity contribution in [2.45, 2.75) is 0 Å². The van der Waals surface area contributed by atoms with Crippen molar-refractivity contribution in [1.82, 2.24) is 5.43 Å². The molecule has 0 saturated carbocycles. The Kier molecular flexibility index (Phi) is 5.29. The number of hydrazone groups is 1. The van der Waals surface area contributed by atoms with Gasteiger partial charge in [0.1, 0.15) is 5.82 Å². The molecule has 0 radical (unpaired) electrons. The van der Waals surface area contributed by atoms with E-state index < -0.39 is 0 Å². The highest BCUT2D eigenvalue weighted by atomic mass is 35.5. The molecule has 2 aromatic carbocycles. The van der Waals surface area contributed by atoms with Gasteiger partial charge in [-0.05, 0) is 42.0 Å². The van der Waals surface area contributed by atoms with E-state index in [4.69, 9.17) is 11.6 Å². The number of carbonyl (C=O) groups is 1. The van der Waals surface area contributed by atoms with Gasteiger partial charge in [0.25, 0.3) is 5.91 Å². The Morgan fingerprint density at radius 1 is 1.14 bits per heavy atom. The zero-order valence-electron chi connectivity index (χ0n) is 11.0. The molecule has 0 aromatic heterocycles. The second-order valence-corrected chi connectivity index (χ2v) is 4.64. The summed E-state index contributed by atoms with van der Waals surface area (Å²) in [5.41, 5.74) is 3.86. The minimum Gasteiger partial charge on any atom is -0.376 e. The molecule has 0 aliphatic carbocycles. The van der Waals surface area contributed by atoms with E-state index in [-0.39, 0.29) is 18.3 Å². The van der Waals surface area contributed by atoms with Gasteiger partial charge in [0, 0.05) is 10.7 Å². The molecule has 0 saturated heterocycles. The maximum Gasteiger partial charge on any atom is 0.259 e. The fraction of sp³-hybridized carbons (Fsp3) is 0.0667. The van der Waals surface area contributed by atoms with Gasteiger partial charge in [0.05, 0.1) is 12.8 Å². The number of halogens is 2. The number of nitrogens with zero attached hydrogens (tertiary/aromatic N) is 1. The molecule has 4 nitrogen and oxygen atoms in total. The van der Waals surface area contributed by atoms with Crippen LogP contribution in [0.15, 0.2) is 53.6 Å². The number of rotatable bonds is 5. The van der Waals surface area contributed by atoms with Gasteiger partial charge in [-0.3, -0.25) is 4.79 Å². The van der Waals surface area contributed by atoms with Crippen LogP contribution in [-0.2, 0) is 4.79 Å². The van der Waals surface area contributed by atoms with Crippen molar-refractivity contribution in [1.29, 1.82) is 0 Å². The van der Waals surface area contributed by atoms with E-state index in [1.165, 1.54) is 18.3 Å². The summed E-state index contributed by atoms with van der Waals surface area (Å²) in [5.74, 6) is -0.605. The number of carbonyl (C=O) groups excluding carboxylic acids is 1. The number of nitrogens with one attached hydrogen (secondary N) is 2. The molecule has 21 heavy (non-hydrogen) atoms. The highest BCUT2D eigenvalue weighted by Gasteiger charge is 1.99. The van der Waals surface area contributed by atoms with Crippen molar-refractivity contribution in [2.24, 2.45) is 5.10 Å². The van der Waals surface area contributed by atoms with Gasteiger partial charge in [0.2, 0.25) is 0 Å². The molecule has 0 aliphatic rings. The molecular weight excluding hydrogens is 293 g/mol. The third-order valence-corrected chi connectivity index (χ3v) is 2.82. The summed E-state index contributed by atoms with van der Waals surface area (Å²) in [6.07, 6.45) is 1.44. The molecule has 2 aromatic rings. The second kappa shape index (κ2) is 7.40.